The number of furan rings is 1. The fraction of sp³-hybridized carbons (Fsp3) is 0.500. The average Bonchev–Trinajstić information content (AvgIpc) is 2.71. The standard InChI is InChI=1S/C10H13F2NO2S/c1-2-5-13-9(14)8-4-3-7(15-8)6-16-10(11)12/h3-4,10H,2,5-6H2,1H3,(H,13,14). The SMILES string of the molecule is CCCNC(=O)c1ccc(CSC(F)F)o1. The van der Waals surface area contributed by atoms with Gasteiger partial charge in [0.1, 0.15) is 5.76 Å². The summed E-state index contributed by atoms with van der Waals surface area (Å²) < 4.78 is 28.9. The van der Waals surface area contributed by atoms with E-state index >= 15 is 0 Å². The Balaban J connectivity index is 2.47. The topological polar surface area (TPSA) is 42.2 Å². The summed E-state index contributed by atoms with van der Waals surface area (Å²) in [5.41, 5.74) is 0. The fourth-order valence-corrected chi connectivity index (χ4v) is 1.49. The van der Waals surface area contributed by atoms with Gasteiger partial charge in [-0.2, -0.15) is 8.78 Å². The van der Waals surface area contributed by atoms with Crippen molar-refractivity contribution in [2.75, 3.05) is 6.54 Å². The summed E-state index contributed by atoms with van der Waals surface area (Å²) >= 11 is 0.468. The van der Waals surface area contributed by atoms with E-state index in [1.54, 1.807) is 0 Å². The molecular formula is C10H13F2NO2S. The summed E-state index contributed by atoms with van der Waals surface area (Å²) in [5, 5.41) is 2.64. The van der Waals surface area contributed by atoms with Gasteiger partial charge in [0.15, 0.2) is 5.76 Å². The molecule has 3 nitrogen and oxygen atoms in total. The Labute approximate surface area is 96.6 Å². The summed E-state index contributed by atoms with van der Waals surface area (Å²) in [6.07, 6.45) is 0.834. The van der Waals surface area contributed by atoms with E-state index in [0.717, 1.165) is 6.42 Å². The van der Waals surface area contributed by atoms with Crippen molar-refractivity contribution in [2.45, 2.75) is 24.9 Å². The maximum absolute atomic E-state index is 11.9. The van der Waals surface area contributed by atoms with Crippen LogP contribution in [0.5, 0.6) is 0 Å². The van der Waals surface area contributed by atoms with Crippen molar-refractivity contribution in [1.29, 1.82) is 0 Å². The number of rotatable bonds is 6. The van der Waals surface area contributed by atoms with Crippen molar-refractivity contribution in [3.05, 3.63) is 23.7 Å². The van der Waals surface area contributed by atoms with Gasteiger partial charge in [-0.25, -0.2) is 0 Å². The predicted octanol–water partition coefficient (Wildman–Crippen LogP) is 2.88. The van der Waals surface area contributed by atoms with Crippen LogP contribution in [0.25, 0.3) is 0 Å². The van der Waals surface area contributed by atoms with Crippen LogP contribution < -0.4 is 5.32 Å². The summed E-state index contributed by atoms with van der Waals surface area (Å²) in [6.45, 7) is 2.51. The Hall–Kier alpha value is -1.04. The normalized spacial score (nSPS) is 10.8. The molecule has 0 fully saturated rings. The monoisotopic (exact) mass is 249 g/mol. The Kier molecular flexibility index (Phi) is 5.31. The molecule has 0 aliphatic carbocycles. The molecule has 1 N–H and O–H groups in total. The van der Waals surface area contributed by atoms with Gasteiger partial charge in [-0.3, -0.25) is 4.79 Å². The summed E-state index contributed by atoms with van der Waals surface area (Å²) in [4.78, 5) is 11.4. The van der Waals surface area contributed by atoms with E-state index in [4.69, 9.17) is 4.42 Å². The number of nitrogens with one attached hydrogen (secondary N) is 1. The molecule has 0 unspecified atom stereocenters. The Morgan fingerprint density at radius 3 is 2.94 bits per heavy atom. The molecule has 0 aliphatic rings. The molecule has 0 atom stereocenters. The van der Waals surface area contributed by atoms with E-state index < -0.39 is 5.76 Å². The third-order valence-electron chi connectivity index (χ3n) is 1.77. The molecular weight excluding hydrogens is 236 g/mol. The Morgan fingerprint density at radius 1 is 1.56 bits per heavy atom. The van der Waals surface area contributed by atoms with Gasteiger partial charge in [-0.05, 0) is 18.6 Å². The van der Waals surface area contributed by atoms with E-state index in [-0.39, 0.29) is 17.4 Å². The number of thioether (sulfide) groups is 1. The van der Waals surface area contributed by atoms with Gasteiger partial charge in [-0.15, -0.1) is 0 Å². The second-order valence-electron chi connectivity index (χ2n) is 3.09. The van der Waals surface area contributed by atoms with Crippen LogP contribution in [0, 0.1) is 0 Å². The first kappa shape index (κ1) is 13.0. The molecule has 1 amide bonds. The molecule has 0 bridgehead atoms. The molecule has 16 heavy (non-hydrogen) atoms. The van der Waals surface area contributed by atoms with Crippen molar-refractivity contribution in [3.63, 3.8) is 0 Å². The molecule has 0 aliphatic heterocycles. The molecule has 0 aromatic carbocycles. The average molecular weight is 249 g/mol. The number of alkyl halides is 2. The number of amides is 1. The van der Waals surface area contributed by atoms with Crippen molar-refractivity contribution in [1.82, 2.24) is 5.32 Å². The highest BCUT2D eigenvalue weighted by Gasteiger charge is 2.11. The highest BCUT2D eigenvalue weighted by Crippen LogP contribution is 2.21. The Bertz CT molecular complexity index is 341. The first-order valence-electron chi connectivity index (χ1n) is 4.90. The van der Waals surface area contributed by atoms with E-state index in [9.17, 15) is 13.6 Å². The van der Waals surface area contributed by atoms with E-state index in [2.05, 4.69) is 5.32 Å². The molecule has 90 valence electrons. The minimum absolute atomic E-state index is 0.0682. The molecule has 1 rings (SSSR count). The van der Waals surface area contributed by atoms with Crippen LogP contribution >= 0.6 is 11.8 Å². The summed E-state index contributed by atoms with van der Waals surface area (Å²) in [5.74, 6) is -2.12. The zero-order chi connectivity index (χ0) is 12.0. The third kappa shape index (κ3) is 4.22. The number of hydrogen-bond donors (Lipinski definition) is 1. The fourth-order valence-electron chi connectivity index (χ4n) is 1.05. The van der Waals surface area contributed by atoms with E-state index in [0.29, 0.717) is 24.1 Å². The first-order valence-corrected chi connectivity index (χ1v) is 5.95. The summed E-state index contributed by atoms with van der Waals surface area (Å²) in [7, 11) is 0. The van der Waals surface area contributed by atoms with Crippen molar-refractivity contribution < 1.29 is 18.0 Å². The smallest absolute Gasteiger partial charge is 0.286 e. The van der Waals surface area contributed by atoms with Gasteiger partial charge in [0.05, 0.1) is 5.75 Å². The first-order chi connectivity index (χ1) is 7.63. The highest BCUT2D eigenvalue weighted by atomic mass is 32.2. The molecule has 6 heteroatoms. The molecule has 0 saturated carbocycles. The molecule has 1 heterocycles. The van der Waals surface area contributed by atoms with Gasteiger partial charge in [-0.1, -0.05) is 18.7 Å². The zero-order valence-electron chi connectivity index (χ0n) is 8.83. The maximum atomic E-state index is 11.9. The quantitative estimate of drug-likeness (QED) is 0.843. The van der Waals surface area contributed by atoms with Gasteiger partial charge in [0.25, 0.3) is 11.7 Å². The van der Waals surface area contributed by atoms with Crippen LogP contribution in [0.2, 0.25) is 0 Å². The van der Waals surface area contributed by atoms with Crippen LogP contribution in [-0.2, 0) is 5.75 Å². The molecule has 0 spiro atoms. The minimum Gasteiger partial charge on any atom is -0.455 e. The lowest BCUT2D eigenvalue weighted by molar-refractivity contribution is 0.0924. The number of carbonyl (C=O) groups is 1. The lowest BCUT2D eigenvalue weighted by Gasteiger charge is -1.99. The second kappa shape index (κ2) is 6.52. The van der Waals surface area contributed by atoms with E-state index in [1.807, 2.05) is 6.92 Å². The van der Waals surface area contributed by atoms with Crippen LogP contribution in [0.3, 0.4) is 0 Å². The van der Waals surface area contributed by atoms with Crippen LogP contribution in [0.4, 0.5) is 8.78 Å². The lowest BCUT2D eigenvalue weighted by Crippen LogP contribution is -2.23. The maximum Gasteiger partial charge on any atom is 0.286 e. The predicted molar refractivity (Wildman–Crippen MR) is 58.6 cm³/mol. The molecule has 0 radical (unpaired) electrons. The van der Waals surface area contributed by atoms with Gasteiger partial charge in [0, 0.05) is 6.54 Å². The number of hydrogen-bond acceptors (Lipinski definition) is 3. The van der Waals surface area contributed by atoms with Gasteiger partial charge in [0.2, 0.25) is 0 Å². The minimum atomic E-state index is -2.43. The third-order valence-corrected chi connectivity index (χ3v) is 2.48. The lowest BCUT2D eigenvalue weighted by atomic mass is 10.4. The van der Waals surface area contributed by atoms with Crippen LogP contribution in [0.1, 0.15) is 29.7 Å². The second-order valence-corrected chi connectivity index (χ2v) is 4.07. The van der Waals surface area contributed by atoms with Gasteiger partial charge < -0.3 is 9.73 Å². The van der Waals surface area contributed by atoms with Crippen LogP contribution in [-0.4, -0.2) is 18.2 Å². The zero-order valence-corrected chi connectivity index (χ0v) is 9.65. The van der Waals surface area contributed by atoms with E-state index in [1.165, 1.54) is 12.1 Å². The van der Waals surface area contributed by atoms with Crippen molar-refractivity contribution >= 4 is 17.7 Å². The van der Waals surface area contributed by atoms with Gasteiger partial charge >= 0.3 is 0 Å². The van der Waals surface area contributed by atoms with Crippen molar-refractivity contribution in [2.24, 2.45) is 0 Å². The number of carbonyl (C=O) groups excluding carboxylic acids is 1. The largest absolute Gasteiger partial charge is 0.455 e. The molecule has 0 saturated heterocycles. The highest BCUT2D eigenvalue weighted by molar-refractivity contribution is 7.98. The summed E-state index contributed by atoms with van der Waals surface area (Å²) in [6, 6.07) is 3.03. The van der Waals surface area contributed by atoms with Crippen LogP contribution in [0.15, 0.2) is 16.5 Å². The van der Waals surface area contributed by atoms with Crippen molar-refractivity contribution in [3.8, 4) is 0 Å². The molecule has 1 aromatic rings. The Morgan fingerprint density at radius 2 is 2.31 bits per heavy atom. The molecule has 1 aromatic heterocycles. The number of halogens is 2.